The minimum absolute atomic E-state index is 0. The number of pyridine rings is 1. The first kappa shape index (κ1) is 29.4. The fraction of sp³-hybridized carbons (Fsp3) is 0.455. The second-order valence-electron chi connectivity index (χ2n) is 10.6. The highest BCUT2D eigenvalue weighted by Crippen LogP contribution is 2.32. The number of piperidine rings is 1. The van der Waals surface area contributed by atoms with Crippen molar-refractivity contribution in [1.29, 1.82) is 0 Å². The molecule has 0 unspecified atom stereocenters. The molecule has 214 valence electrons. The first-order valence-corrected chi connectivity index (χ1v) is 14.9. The summed E-state index contributed by atoms with van der Waals surface area (Å²) in [7, 11) is 0. The molecule has 1 atom stereocenters. The lowest BCUT2D eigenvalue weighted by Gasteiger charge is -2.34. The Hall–Kier alpha value is -3.58. The summed E-state index contributed by atoms with van der Waals surface area (Å²) >= 11 is 0. The summed E-state index contributed by atoms with van der Waals surface area (Å²) in [6.07, 6.45) is 15.3. The van der Waals surface area contributed by atoms with Crippen LogP contribution in [0.15, 0.2) is 61.1 Å². The van der Waals surface area contributed by atoms with Crippen LogP contribution in [0.4, 0.5) is 0 Å². The zero-order valence-corrected chi connectivity index (χ0v) is 24.5. The van der Waals surface area contributed by atoms with Gasteiger partial charge in [-0.15, -0.1) is 0 Å². The average Bonchev–Trinajstić information content (AvgIpc) is 3.41. The molecule has 1 saturated heterocycles. The molecule has 3 aromatic heterocycles. The van der Waals surface area contributed by atoms with E-state index >= 15 is 0 Å². The van der Waals surface area contributed by atoms with Crippen LogP contribution in [0.5, 0.6) is 0 Å². The van der Waals surface area contributed by atoms with Gasteiger partial charge in [0.15, 0.2) is 5.65 Å². The van der Waals surface area contributed by atoms with E-state index in [4.69, 9.17) is 10.8 Å². The van der Waals surface area contributed by atoms with Gasteiger partial charge in [0, 0.05) is 55.5 Å². The third-order valence-corrected chi connectivity index (χ3v) is 7.76. The van der Waals surface area contributed by atoms with Gasteiger partial charge in [-0.05, 0) is 75.3 Å². The van der Waals surface area contributed by atoms with Gasteiger partial charge in [0.1, 0.15) is 0 Å². The van der Waals surface area contributed by atoms with E-state index in [0.29, 0.717) is 11.6 Å². The van der Waals surface area contributed by atoms with Crippen molar-refractivity contribution < 1.29 is 6.22 Å². The summed E-state index contributed by atoms with van der Waals surface area (Å²) in [5, 5.41) is 4.78. The second kappa shape index (κ2) is 14.2. The molecule has 40 heavy (non-hydrogen) atoms. The third kappa shape index (κ3) is 7.13. The van der Waals surface area contributed by atoms with E-state index in [2.05, 4.69) is 9.97 Å². The smallest absolute Gasteiger partial charge is 0.254 e. The van der Waals surface area contributed by atoms with E-state index in [1.807, 2.05) is 92.0 Å². The molecule has 7 nitrogen and oxygen atoms in total. The van der Waals surface area contributed by atoms with Crippen molar-refractivity contribution in [2.75, 3.05) is 6.54 Å². The maximum atomic E-state index is 13.6. The van der Waals surface area contributed by atoms with Crippen LogP contribution in [0.25, 0.3) is 16.8 Å². The second-order valence-corrected chi connectivity index (χ2v) is 10.6. The fourth-order valence-electron chi connectivity index (χ4n) is 5.43. The number of carbonyl (C=O) groups excluding carboxylic acids is 1. The molecule has 2 aliphatic rings. The van der Waals surface area contributed by atoms with Crippen LogP contribution in [0, 0.1) is 13.8 Å². The molecule has 2 fully saturated rings. The zero-order chi connectivity index (χ0) is 28.5. The van der Waals surface area contributed by atoms with Crippen LogP contribution in [0.2, 0.25) is 0 Å². The Labute approximate surface area is 240 Å². The highest BCUT2D eigenvalue weighted by atomic mass is 16.2. The SMILES string of the molecule is CC.Cc1cn2nc([C@@H]3CCCCN3C(=O)c3cccc(-c4cccnc4)c3)cc2nc1C.NC1CCCCC1.[HH]. The Balaban J connectivity index is 0.000000401. The molecule has 0 bridgehead atoms. The van der Waals surface area contributed by atoms with Crippen LogP contribution < -0.4 is 5.73 Å². The molecule has 6 rings (SSSR count). The number of hydrogen-bond acceptors (Lipinski definition) is 5. The first-order chi connectivity index (χ1) is 19.5. The molecule has 1 aliphatic heterocycles. The van der Waals surface area contributed by atoms with Gasteiger partial charge in [-0.25, -0.2) is 9.50 Å². The van der Waals surface area contributed by atoms with E-state index in [1.165, 1.54) is 32.1 Å². The van der Waals surface area contributed by atoms with Gasteiger partial charge in [0.25, 0.3) is 5.91 Å². The van der Waals surface area contributed by atoms with Gasteiger partial charge in [0.05, 0.1) is 11.7 Å². The van der Waals surface area contributed by atoms with Crippen molar-refractivity contribution in [3.63, 3.8) is 0 Å². The number of hydrogen-bond donors (Lipinski definition) is 1. The maximum Gasteiger partial charge on any atom is 0.254 e. The number of amides is 1. The summed E-state index contributed by atoms with van der Waals surface area (Å²) in [4.78, 5) is 24.4. The monoisotopic (exact) mass is 542 g/mol. The molecule has 1 saturated carbocycles. The molecule has 0 radical (unpaired) electrons. The van der Waals surface area contributed by atoms with Crippen molar-refractivity contribution >= 4 is 11.6 Å². The van der Waals surface area contributed by atoms with Gasteiger partial charge in [-0.1, -0.05) is 51.3 Å². The minimum Gasteiger partial charge on any atom is -0.330 e. The predicted octanol–water partition coefficient (Wildman–Crippen LogP) is 7.33. The van der Waals surface area contributed by atoms with Crippen molar-refractivity contribution in [2.45, 2.75) is 91.1 Å². The van der Waals surface area contributed by atoms with E-state index in [1.54, 1.807) is 6.20 Å². The number of likely N-dealkylation sites (tertiary alicyclic amines) is 1. The highest BCUT2D eigenvalue weighted by molar-refractivity contribution is 5.95. The highest BCUT2D eigenvalue weighted by Gasteiger charge is 2.31. The fourth-order valence-corrected chi connectivity index (χ4v) is 5.43. The lowest BCUT2D eigenvalue weighted by molar-refractivity contribution is 0.0605. The van der Waals surface area contributed by atoms with Crippen LogP contribution >= 0.6 is 0 Å². The first-order valence-electron chi connectivity index (χ1n) is 14.9. The van der Waals surface area contributed by atoms with Crippen molar-refractivity contribution in [3.05, 3.63) is 83.6 Å². The summed E-state index contributed by atoms with van der Waals surface area (Å²) in [6, 6.07) is 14.2. The topological polar surface area (TPSA) is 89.4 Å². The zero-order valence-electron chi connectivity index (χ0n) is 24.5. The van der Waals surface area contributed by atoms with E-state index in [9.17, 15) is 4.79 Å². The number of benzene rings is 1. The van der Waals surface area contributed by atoms with Gasteiger partial charge >= 0.3 is 0 Å². The Kier molecular flexibility index (Phi) is 10.4. The number of rotatable bonds is 3. The predicted molar refractivity (Wildman–Crippen MR) is 164 cm³/mol. The average molecular weight is 543 g/mol. The number of nitrogens with two attached hydrogens (primary N) is 1. The van der Waals surface area contributed by atoms with Gasteiger partial charge in [0.2, 0.25) is 0 Å². The van der Waals surface area contributed by atoms with E-state index in [0.717, 1.165) is 59.5 Å². The van der Waals surface area contributed by atoms with Gasteiger partial charge in [-0.2, -0.15) is 5.10 Å². The van der Waals surface area contributed by atoms with E-state index < -0.39 is 0 Å². The molecule has 1 aromatic carbocycles. The number of aryl methyl sites for hydroxylation is 2. The van der Waals surface area contributed by atoms with Gasteiger partial charge in [-0.3, -0.25) is 9.78 Å². The van der Waals surface area contributed by atoms with Crippen LogP contribution in [0.3, 0.4) is 0 Å². The molecule has 1 amide bonds. The van der Waals surface area contributed by atoms with Crippen LogP contribution in [-0.4, -0.2) is 43.0 Å². The Morgan fingerprint density at radius 2 is 1.70 bits per heavy atom. The lowest BCUT2D eigenvalue weighted by Crippen LogP contribution is -2.38. The Morgan fingerprint density at radius 1 is 0.950 bits per heavy atom. The van der Waals surface area contributed by atoms with Crippen molar-refractivity contribution in [1.82, 2.24) is 24.5 Å². The molecule has 4 heterocycles. The van der Waals surface area contributed by atoms with Crippen LogP contribution in [-0.2, 0) is 0 Å². The quantitative estimate of drug-likeness (QED) is 0.293. The number of nitrogens with zero attached hydrogens (tertiary/aromatic N) is 5. The van der Waals surface area contributed by atoms with Crippen molar-refractivity contribution in [3.8, 4) is 11.1 Å². The van der Waals surface area contributed by atoms with Crippen molar-refractivity contribution in [2.24, 2.45) is 5.73 Å². The molecule has 1 aliphatic carbocycles. The third-order valence-electron chi connectivity index (χ3n) is 7.76. The number of aromatic nitrogens is 4. The molecule has 2 N–H and O–H groups in total. The van der Waals surface area contributed by atoms with E-state index in [-0.39, 0.29) is 13.4 Å². The van der Waals surface area contributed by atoms with Gasteiger partial charge < -0.3 is 10.6 Å². The largest absolute Gasteiger partial charge is 0.330 e. The molecular formula is C33H46N6O. The maximum absolute atomic E-state index is 13.6. The molecule has 4 aromatic rings. The normalized spacial score (nSPS) is 17.4. The minimum atomic E-state index is -0.0365. The molecule has 7 heteroatoms. The Morgan fingerprint density at radius 3 is 2.40 bits per heavy atom. The summed E-state index contributed by atoms with van der Waals surface area (Å²) < 4.78 is 1.83. The molecule has 0 spiro atoms. The van der Waals surface area contributed by atoms with Crippen LogP contribution in [0.1, 0.15) is 100.0 Å². The summed E-state index contributed by atoms with van der Waals surface area (Å²) in [5.74, 6) is 0.0489. The number of fused-ring (bicyclic) bond motifs is 1. The summed E-state index contributed by atoms with van der Waals surface area (Å²) in [5.41, 5.74) is 12.2. The number of carbonyl (C=O) groups is 1. The Bertz CT molecular complexity index is 1340. The molecular weight excluding hydrogens is 496 g/mol. The summed E-state index contributed by atoms with van der Waals surface area (Å²) in [6.45, 7) is 8.78. The standard InChI is InChI=1S/C25H25N5O.C6H13N.C2H6.H2/c1-17-16-30-24(27-18(17)2)14-22(28-30)23-10-3-4-12-29(23)25(31)20-8-5-7-19(13-20)21-9-6-11-26-15-21;7-6-4-2-1-3-5-6;1-2;/h5-9,11,13-16,23H,3-4,10,12H2,1-2H3;6H,1-5,7H2;1-2H3;1H/t23-;;;/m0.../s1. The lowest BCUT2D eigenvalue weighted by atomic mass is 9.97.